The number of benzene rings is 4. The molecule has 374 valence electrons. The maximum Gasteiger partial charge on any atom is 0.326 e. The van der Waals surface area contributed by atoms with Gasteiger partial charge in [0.25, 0.3) is 0 Å². The van der Waals surface area contributed by atoms with E-state index in [2.05, 4.69) is 53.8 Å². The molecule has 4 atom stereocenters. The Morgan fingerprint density at radius 3 is 2.08 bits per heavy atom. The number of H-pyrrole nitrogens is 1. The summed E-state index contributed by atoms with van der Waals surface area (Å²) in [6.45, 7) is 4.88. The predicted octanol–water partition coefficient (Wildman–Crippen LogP) is 5.33. The number of carboxylic acids is 1. The van der Waals surface area contributed by atoms with Gasteiger partial charge in [-0.05, 0) is 83.8 Å². The van der Waals surface area contributed by atoms with Crippen LogP contribution < -0.4 is 27.0 Å². The maximum atomic E-state index is 14.3. The summed E-state index contributed by atoms with van der Waals surface area (Å²) in [4.78, 5) is 71.7. The number of aliphatic carboxylic acids is 1. The third kappa shape index (κ3) is 16.7. The van der Waals surface area contributed by atoms with Gasteiger partial charge in [-0.1, -0.05) is 117 Å². The van der Waals surface area contributed by atoms with E-state index in [9.17, 15) is 34.2 Å². The first kappa shape index (κ1) is 52.6. The SMILES string of the molecule is CCCCCCCC(=O)NCCCCC(NC(=O)C(N)Cc1cn(Cc2ccc(-c3ccccc3)c(-c3nn[nH]n3)c2)cn1)C(=O)NC(Cc1ccc(C)cc1)C(=O)N[C@@H](Cc1ccc(O)cc1)C(=O)O. The van der Waals surface area contributed by atoms with E-state index in [0.29, 0.717) is 55.0 Å². The molecule has 0 saturated heterocycles. The van der Waals surface area contributed by atoms with Crippen molar-refractivity contribution in [3.8, 4) is 28.3 Å². The lowest BCUT2D eigenvalue weighted by molar-refractivity contribution is -0.142. The highest BCUT2D eigenvalue weighted by molar-refractivity contribution is 5.94. The van der Waals surface area contributed by atoms with Crippen LogP contribution in [0.1, 0.15) is 92.7 Å². The lowest BCUT2D eigenvalue weighted by atomic mass is 9.97. The maximum absolute atomic E-state index is 14.3. The summed E-state index contributed by atoms with van der Waals surface area (Å²) in [5.74, 6) is -2.88. The molecule has 2 heterocycles. The molecule has 0 saturated carbocycles. The highest BCUT2D eigenvalue weighted by Gasteiger charge is 2.31. The number of unbranched alkanes of at least 4 members (excludes halogenated alkanes) is 5. The van der Waals surface area contributed by atoms with Crippen molar-refractivity contribution in [2.75, 3.05) is 6.54 Å². The normalized spacial score (nSPS) is 12.8. The van der Waals surface area contributed by atoms with Gasteiger partial charge in [-0.25, -0.2) is 9.78 Å². The van der Waals surface area contributed by atoms with E-state index in [4.69, 9.17) is 5.73 Å². The summed E-state index contributed by atoms with van der Waals surface area (Å²) in [5, 5.41) is 45.7. The molecule has 0 spiro atoms. The topological polar surface area (TPSA) is 272 Å². The Morgan fingerprint density at radius 2 is 1.38 bits per heavy atom. The molecule has 2 aromatic heterocycles. The molecule has 0 fully saturated rings. The van der Waals surface area contributed by atoms with E-state index in [-0.39, 0.29) is 37.3 Å². The van der Waals surface area contributed by atoms with Gasteiger partial charge in [0.2, 0.25) is 29.5 Å². The van der Waals surface area contributed by atoms with Gasteiger partial charge in [-0.2, -0.15) is 5.21 Å². The van der Waals surface area contributed by atoms with Gasteiger partial charge in [0.1, 0.15) is 23.9 Å². The fraction of sp³-hybridized carbons (Fsp3) is 0.377. The number of nitrogens with two attached hydrogens (primary N) is 1. The van der Waals surface area contributed by atoms with Crippen LogP contribution in [0, 0.1) is 6.92 Å². The number of aromatic hydroxyl groups is 1. The number of aromatic amines is 1. The Morgan fingerprint density at radius 1 is 0.718 bits per heavy atom. The molecule has 9 N–H and O–H groups in total. The third-order valence-corrected chi connectivity index (χ3v) is 12.1. The predicted molar refractivity (Wildman–Crippen MR) is 268 cm³/mol. The second-order valence-corrected chi connectivity index (χ2v) is 17.9. The molecule has 4 amide bonds. The zero-order chi connectivity index (χ0) is 50.5. The number of carboxylic acid groups (broad SMARTS) is 1. The number of amides is 4. The number of phenolic OH excluding ortho intramolecular Hbond substituents is 1. The van der Waals surface area contributed by atoms with E-state index in [0.717, 1.165) is 59.9 Å². The summed E-state index contributed by atoms with van der Waals surface area (Å²) >= 11 is 0. The Balaban J connectivity index is 1.13. The smallest absolute Gasteiger partial charge is 0.326 e. The summed E-state index contributed by atoms with van der Waals surface area (Å²) in [7, 11) is 0. The molecule has 6 aromatic rings. The van der Waals surface area contributed by atoms with E-state index >= 15 is 0 Å². The van der Waals surface area contributed by atoms with Crippen molar-refractivity contribution in [3.63, 3.8) is 0 Å². The number of aromatic nitrogens is 6. The number of carbonyl (C=O) groups excluding carboxylic acids is 4. The highest BCUT2D eigenvalue weighted by atomic mass is 16.4. The number of rotatable bonds is 28. The fourth-order valence-electron chi connectivity index (χ4n) is 8.16. The van der Waals surface area contributed by atoms with E-state index in [1.165, 1.54) is 12.1 Å². The van der Waals surface area contributed by atoms with Crippen molar-refractivity contribution in [2.45, 2.75) is 122 Å². The molecule has 18 heteroatoms. The molecule has 18 nitrogen and oxygen atoms in total. The number of tetrazole rings is 1. The first-order valence-electron chi connectivity index (χ1n) is 24.3. The largest absolute Gasteiger partial charge is 0.508 e. The fourth-order valence-corrected chi connectivity index (χ4v) is 8.16. The van der Waals surface area contributed by atoms with Crippen LogP contribution in [0.2, 0.25) is 0 Å². The molecule has 0 aliphatic carbocycles. The standard InChI is InChI=1S/C53H65N11O7/c1-3-4-5-6-10-16-48(66)55-27-12-11-15-45(51(68)58-46(29-36-19-17-35(2)18-20-36)52(69)59-47(53(70)71)30-37-21-24-41(65)25-22-37)57-50(67)44(54)31-40-33-64(34-56-40)32-38-23-26-42(39-13-8-7-9-14-39)43(28-38)49-60-62-63-61-49/h7-9,13-14,17-26,28,33-34,44-47,65H,3-6,10-12,15-16,27,29-32,54H2,1-2H3,(H,55,66)(H,57,67)(H,58,68)(H,59,69)(H,70,71)(H,60,61,62,63)/t44?,45?,46?,47-/m0/s1. The Hall–Kier alpha value is -7.73. The lowest BCUT2D eigenvalue weighted by Crippen LogP contribution is -2.58. The quantitative estimate of drug-likeness (QED) is 0.0290. The van der Waals surface area contributed by atoms with Gasteiger partial charge in [0.05, 0.1) is 18.1 Å². The number of hydrogen-bond acceptors (Lipinski definition) is 11. The zero-order valence-electron chi connectivity index (χ0n) is 40.4. The number of imidazole rings is 1. The number of carbonyl (C=O) groups is 5. The number of phenols is 1. The van der Waals surface area contributed by atoms with Crippen LogP contribution in [0.3, 0.4) is 0 Å². The summed E-state index contributed by atoms with van der Waals surface area (Å²) in [5.41, 5.74) is 13.0. The van der Waals surface area contributed by atoms with Crippen LogP contribution in [0.25, 0.3) is 22.5 Å². The summed E-state index contributed by atoms with van der Waals surface area (Å²) < 4.78 is 1.87. The first-order valence-corrected chi connectivity index (χ1v) is 24.3. The molecule has 3 unspecified atom stereocenters. The van der Waals surface area contributed by atoms with Crippen molar-refractivity contribution >= 4 is 29.6 Å². The minimum Gasteiger partial charge on any atom is -0.508 e. The molecular weight excluding hydrogens is 903 g/mol. The van der Waals surface area contributed by atoms with Crippen LogP contribution >= 0.6 is 0 Å². The summed E-state index contributed by atoms with van der Waals surface area (Å²) in [6.07, 6.45) is 10.1. The van der Waals surface area contributed by atoms with Gasteiger partial charge in [0, 0.05) is 50.5 Å². The number of hydrogen-bond donors (Lipinski definition) is 8. The van der Waals surface area contributed by atoms with E-state index < -0.39 is 47.9 Å². The van der Waals surface area contributed by atoms with Crippen molar-refractivity contribution in [1.29, 1.82) is 0 Å². The van der Waals surface area contributed by atoms with Gasteiger partial charge >= 0.3 is 5.97 Å². The molecule has 4 aromatic carbocycles. The second-order valence-electron chi connectivity index (χ2n) is 17.9. The molecule has 71 heavy (non-hydrogen) atoms. The third-order valence-electron chi connectivity index (χ3n) is 12.1. The highest BCUT2D eigenvalue weighted by Crippen LogP contribution is 2.31. The van der Waals surface area contributed by atoms with Crippen molar-refractivity contribution in [2.24, 2.45) is 5.73 Å². The van der Waals surface area contributed by atoms with Crippen molar-refractivity contribution in [1.82, 2.24) is 51.4 Å². The number of aryl methyl sites for hydroxylation is 1. The zero-order valence-corrected chi connectivity index (χ0v) is 40.4. The average Bonchev–Trinajstić information content (AvgIpc) is 4.07. The van der Waals surface area contributed by atoms with Crippen molar-refractivity contribution in [3.05, 3.63) is 138 Å². The molecule has 0 aliphatic rings. The second kappa shape index (κ2) is 26.9. The van der Waals surface area contributed by atoms with E-state index in [1.807, 2.05) is 84.3 Å². The van der Waals surface area contributed by atoms with E-state index in [1.54, 1.807) is 24.7 Å². The first-order chi connectivity index (χ1) is 34.3. The molecule has 0 bridgehead atoms. The van der Waals surface area contributed by atoms with Crippen LogP contribution in [-0.2, 0) is 49.8 Å². The minimum absolute atomic E-state index is 0.0105. The van der Waals surface area contributed by atoms with Gasteiger partial charge < -0.3 is 41.8 Å². The Kier molecular flexibility index (Phi) is 19.9. The average molecular weight is 968 g/mol. The van der Waals surface area contributed by atoms with Crippen LogP contribution in [0.5, 0.6) is 5.75 Å². The van der Waals surface area contributed by atoms with Crippen LogP contribution in [-0.4, -0.2) is 101 Å². The molecule has 6 rings (SSSR count). The number of nitrogens with zero attached hydrogens (tertiary/aromatic N) is 5. The molecular formula is C53H65N11O7. The minimum atomic E-state index is -1.36. The molecule has 0 radical (unpaired) electrons. The van der Waals surface area contributed by atoms with Gasteiger partial charge in [0.15, 0.2) is 0 Å². The Bertz CT molecular complexity index is 2640. The van der Waals surface area contributed by atoms with Crippen LogP contribution in [0.4, 0.5) is 0 Å². The molecule has 0 aliphatic heterocycles. The van der Waals surface area contributed by atoms with Gasteiger partial charge in [-0.15, -0.1) is 10.2 Å². The number of nitrogens with one attached hydrogen (secondary N) is 5. The Labute approximate surface area is 413 Å². The van der Waals surface area contributed by atoms with Crippen LogP contribution in [0.15, 0.2) is 110 Å². The van der Waals surface area contributed by atoms with Crippen molar-refractivity contribution < 1.29 is 34.2 Å². The van der Waals surface area contributed by atoms with Gasteiger partial charge in [-0.3, -0.25) is 19.2 Å². The monoisotopic (exact) mass is 968 g/mol. The summed E-state index contributed by atoms with van der Waals surface area (Å²) in [6, 6.07) is 24.4. The lowest BCUT2D eigenvalue weighted by Gasteiger charge is -2.25.